The van der Waals surface area contributed by atoms with Gasteiger partial charge in [0, 0.05) is 25.1 Å². The van der Waals surface area contributed by atoms with Crippen molar-refractivity contribution in [3.63, 3.8) is 0 Å². The van der Waals surface area contributed by atoms with Gasteiger partial charge in [-0.25, -0.2) is 24.2 Å². The average Bonchev–Trinajstić information content (AvgIpc) is 2.80. The Morgan fingerprint density at radius 2 is 2.14 bits per heavy atom. The van der Waals surface area contributed by atoms with Gasteiger partial charge in [0.2, 0.25) is 0 Å². The van der Waals surface area contributed by atoms with E-state index in [0.717, 1.165) is 30.0 Å². The Bertz CT molecular complexity index is 617. The summed E-state index contributed by atoms with van der Waals surface area (Å²) in [5.41, 5.74) is 3.44. The van der Waals surface area contributed by atoms with Crippen LogP contribution in [-0.2, 0) is 16.3 Å². The molecule has 0 aromatic carbocycles. The highest BCUT2D eigenvalue weighted by atomic mass is 32.2. The second-order valence-electron chi connectivity index (χ2n) is 5.50. The molecule has 7 nitrogen and oxygen atoms in total. The van der Waals surface area contributed by atoms with E-state index in [4.69, 9.17) is 5.84 Å². The first-order valence-corrected chi connectivity index (χ1v) is 8.97. The minimum atomic E-state index is -2.92. The zero-order valence-corrected chi connectivity index (χ0v) is 13.6. The van der Waals surface area contributed by atoms with Crippen molar-refractivity contribution in [3.8, 4) is 0 Å². The number of sulfone groups is 1. The van der Waals surface area contributed by atoms with Crippen LogP contribution in [0.15, 0.2) is 0 Å². The molecule has 0 spiro atoms. The van der Waals surface area contributed by atoms with Crippen molar-refractivity contribution in [1.29, 1.82) is 0 Å². The summed E-state index contributed by atoms with van der Waals surface area (Å²) >= 11 is 0. The predicted molar refractivity (Wildman–Crippen MR) is 84.0 cm³/mol. The van der Waals surface area contributed by atoms with Crippen molar-refractivity contribution in [3.05, 3.63) is 11.4 Å². The van der Waals surface area contributed by atoms with E-state index in [-0.39, 0.29) is 17.5 Å². The van der Waals surface area contributed by atoms with Gasteiger partial charge >= 0.3 is 0 Å². The second kappa shape index (κ2) is 6.15. The average molecular weight is 313 g/mol. The third-order valence-electron chi connectivity index (χ3n) is 3.87. The topological polar surface area (TPSA) is 101 Å². The molecule has 0 bridgehead atoms. The van der Waals surface area contributed by atoms with Crippen LogP contribution in [0.4, 0.5) is 11.6 Å². The van der Waals surface area contributed by atoms with Gasteiger partial charge in [0.05, 0.1) is 11.5 Å². The van der Waals surface area contributed by atoms with Gasteiger partial charge in [-0.15, -0.1) is 0 Å². The van der Waals surface area contributed by atoms with Crippen LogP contribution in [0.3, 0.4) is 0 Å². The number of nitrogens with zero attached hydrogens (tertiary/aromatic N) is 3. The summed E-state index contributed by atoms with van der Waals surface area (Å²) in [6.45, 7) is 3.95. The van der Waals surface area contributed by atoms with E-state index in [2.05, 4.69) is 22.3 Å². The van der Waals surface area contributed by atoms with Crippen molar-refractivity contribution in [2.45, 2.75) is 39.2 Å². The maximum absolute atomic E-state index is 11.7. The molecule has 0 radical (unpaired) electrons. The van der Waals surface area contributed by atoms with Gasteiger partial charge in [-0.05, 0) is 19.8 Å². The second-order valence-corrected chi connectivity index (χ2v) is 7.73. The molecule has 1 aliphatic rings. The fourth-order valence-electron chi connectivity index (χ4n) is 2.62. The van der Waals surface area contributed by atoms with E-state index in [0.29, 0.717) is 12.2 Å². The fraction of sp³-hybridized carbons (Fsp3) is 0.692. The first-order chi connectivity index (χ1) is 9.88. The molecular formula is C13H23N5O2S. The lowest BCUT2D eigenvalue weighted by molar-refractivity contribution is 0.600. The van der Waals surface area contributed by atoms with Gasteiger partial charge in [-0.3, -0.25) is 0 Å². The number of anilines is 2. The van der Waals surface area contributed by atoms with E-state index in [1.54, 1.807) is 0 Å². The summed E-state index contributed by atoms with van der Waals surface area (Å²) in [7, 11) is -1.04. The van der Waals surface area contributed by atoms with Gasteiger partial charge in [-0.1, -0.05) is 6.92 Å². The number of hydrazine groups is 1. The Labute approximate surface area is 125 Å². The largest absolute Gasteiger partial charge is 0.355 e. The smallest absolute Gasteiger partial charge is 0.152 e. The Hall–Kier alpha value is -1.41. The Kier molecular flexibility index (Phi) is 4.67. The van der Waals surface area contributed by atoms with Crippen molar-refractivity contribution >= 4 is 21.5 Å². The number of hydrogen-bond acceptors (Lipinski definition) is 7. The molecule has 2 heterocycles. The van der Waals surface area contributed by atoms with E-state index < -0.39 is 9.84 Å². The summed E-state index contributed by atoms with van der Waals surface area (Å²) in [6, 6.07) is -0.0382. The third kappa shape index (κ3) is 3.44. The maximum atomic E-state index is 11.7. The van der Waals surface area contributed by atoms with E-state index >= 15 is 0 Å². The number of nitrogen functional groups attached to an aromatic ring is 1. The van der Waals surface area contributed by atoms with E-state index in [1.165, 1.54) is 0 Å². The fourth-order valence-corrected chi connectivity index (χ4v) is 4.40. The molecule has 0 aliphatic carbocycles. The lowest BCUT2D eigenvalue weighted by Gasteiger charge is -2.27. The molecular weight excluding hydrogens is 290 g/mol. The van der Waals surface area contributed by atoms with Crippen LogP contribution in [0.25, 0.3) is 0 Å². The standard InChI is InChI=1S/C13H23N5O2S/c1-4-5-11-15-12(17-14)9(2)13(16-11)18(3)10-6-7-21(19,20)8-10/h10H,4-8,14H2,1-3H3,(H,15,16,17). The van der Waals surface area contributed by atoms with Crippen LogP contribution >= 0.6 is 0 Å². The van der Waals surface area contributed by atoms with Crippen molar-refractivity contribution in [2.24, 2.45) is 5.84 Å². The molecule has 0 saturated carbocycles. The third-order valence-corrected chi connectivity index (χ3v) is 5.62. The Morgan fingerprint density at radius 3 is 2.67 bits per heavy atom. The van der Waals surface area contributed by atoms with Crippen LogP contribution in [0, 0.1) is 6.92 Å². The highest BCUT2D eigenvalue weighted by molar-refractivity contribution is 7.91. The molecule has 1 unspecified atom stereocenters. The molecule has 1 atom stereocenters. The van der Waals surface area contributed by atoms with Crippen LogP contribution in [0.5, 0.6) is 0 Å². The SMILES string of the molecule is CCCc1nc(NN)c(C)c(N(C)C2CCS(=O)(=O)C2)n1. The van der Waals surface area contributed by atoms with Crippen LogP contribution in [0.2, 0.25) is 0 Å². The van der Waals surface area contributed by atoms with Gasteiger partial charge in [0.15, 0.2) is 9.84 Å². The van der Waals surface area contributed by atoms with Crippen LogP contribution < -0.4 is 16.2 Å². The monoisotopic (exact) mass is 313 g/mol. The van der Waals surface area contributed by atoms with Gasteiger partial charge < -0.3 is 10.3 Å². The van der Waals surface area contributed by atoms with Crippen LogP contribution in [0.1, 0.15) is 31.2 Å². The van der Waals surface area contributed by atoms with Gasteiger partial charge in [0.1, 0.15) is 17.5 Å². The number of aryl methyl sites for hydroxylation is 1. The molecule has 8 heteroatoms. The number of aromatic nitrogens is 2. The zero-order valence-electron chi connectivity index (χ0n) is 12.8. The molecule has 2 rings (SSSR count). The first kappa shape index (κ1) is 16.0. The Balaban J connectivity index is 2.35. The number of nitrogens with one attached hydrogen (secondary N) is 1. The summed E-state index contributed by atoms with van der Waals surface area (Å²) in [4.78, 5) is 10.9. The summed E-state index contributed by atoms with van der Waals surface area (Å²) in [6.07, 6.45) is 2.34. The molecule has 1 fully saturated rings. The molecule has 1 aromatic rings. The van der Waals surface area contributed by atoms with Crippen LogP contribution in [-0.4, -0.2) is 43.0 Å². The normalized spacial score (nSPS) is 20.5. The molecule has 3 N–H and O–H groups in total. The van der Waals surface area contributed by atoms with Gasteiger partial charge in [0.25, 0.3) is 0 Å². The highest BCUT2D eigenvalue weighted by Gasteiger charge is 2.32. The van der Waals surface area contributed by atoms with E-state index in [1.807, 2.05) is 18.9 Å². The highest BCUT2D eigenvalue weighted by Crippen LogP contribution is 2.27. The molecule has 118 valence electrons. The minimum absolute atomic E-state index is 0.0382. The number of nitrogens with two attached hydrogens (primary N) is 1. The zero-order chi connectivity index (χ0) is 15.6. The summed E-state index contributed by atoms with van der Waals surface area (Å²) < 4.78 is 23.3. The Morgan fingerprint density at radius 1 is 1.43 bits per heavy atom. The van der Waals surface area contributed by atoms with Crippen molar-refractivity contribution < 1.29 is 8.42 Å². The van der Waals surface area contributed by atoms with Crippen molar-refractivity contribution in [2.75, 3.05) is 28.9 Å². The number of hydrogen-bond donors (Lipinski definition) is 2. The maximum Gasteiger partial charge on any atom is 0.152 e. The predicted octanol–water partition coefficient (Wildman–Crippen LogP) is 0.646. The molecule has 0 amide bonds. The minimum Gasteiger partial charge on any atom is -0.355 e. The molecule has 1 saturated heterocycles. The molecule has 1 aromatic heterocycles. The first-order valence-electron chi connectivity index (χ1n) is 7.15. The summed E-state index contributed by atoms with van der Waals surface area (Å²) in [5.74, 6) is 8.02. The molecule has 21 heavy (non-hydrogen) atoms. The van der Waals surface area contributed by atoms with Gasteiger partial charge in [-0.2, -0.15) is 0 Å². The molecule has 1 aliphatic heterocycles. The lowest BCUT2D eigenvalue weighted by Crippen LogP contribution is -2.34. The number of rotatable bonds is 5. The van der Waals surface area contributed by atoms with E-state index in [9.17, 15) is 8.42 Å². The summed E-state index contributed by atoms with van der Waals surface area (Å²) in [5, 5.41) is 0. The quantitative estimate of drug-likeness (QED) is 0.608. The van der Waals surface area contributed by atoms with Crippen molar-refractivity contribution in [1.82, 2.24) is 9.97 Å². The lowest BCUT2D eigenvalue weighted by atomic mass is 10.2.